The number of hydrogen-bond acceptors (Lipinski definition) is 3. The molecule has 0 aliphatic carbocycles. The summed E-state index contributed by atoms with van der Waals surface area (Å²) in [5.41, 5.74) is 11.3. The Morgan fingerprint density at radius 1 is 1.37 bits per heavy atom. The molecule has 0 spiro atoms. The molecule has 0 amide bonds. The molecule has 0 saturated carbocycles. The number of pyridine rings is 1. The number of para-hydroxylation sites is 2. The maximum atomic E-state index is 9.41. The average molecular weight is 250 g/mol. The Morgan fingerprint density at radius 3 is 2.79 bits per heavy atom. The van der Waals surface area contributed by atoms with Crippen molar-refractivity contribution in [2.45, 2.75) is 20.3 Å². The Labute approximate surface area is 111 Å². The summed E-state index contributed by atoms with van der Waals surface area (Å²) < 4.78 is 1.89. The van der Waals surface area contributed by atoms with Crippen molar-refractivity contribution in [1.29, 1.82) is 5.26 Å². The number of fused-ring (bicyclic) bond motifs is 3. The number of hydrogen-bond donors (Lipinski definition) is 1. The van der Waals surface area contributed by atoms with E-state index in [1.807, 2.05) is 42.5 Å². The highest BCUT2D eigenvalue weighted by Crippen LogP contribution is 2.29. The van der Waals surface area contributed by atoms with Gasteiger partial charge in [0.2, 0.25) is 0 Å². The van der Waals surface area contributed by atoms with E-state index in [2.05, 4.69) is 11.1 Å². The zero-order valence-corrected chi connectivity index (χ0v) is 10.9. The highest BCUT2D eigenvalue weighted by atomic mass is 15.1. The normalized spacial score (nSPS) is 11.0. The lowest BCUT2D eigenvalue weighted by Gasteiger charge is -2.12. The SMILES string of the molecule is CCc1c(C)c(C#N)c2nc3ccccc3n2c1N. The molecule has 0 aliphatic rings. The van der Waals surface area contributed by atoms with E-state index < -0.39 is 0 Å². The molecule has 2 aromatic heterocycles. The maximum absolute atomic E-state index is 9.41. The molecule has 19 heavy (non-hydrogen) atoms. The summed E-state index contributed by atoms with van der Waals surface area (Å²) in [6.45, 7) is 3.98. The molecule has 3 aromatic rings. The Balaban J connectivity index is 2.65. The quantitative estimate of drug-likeness (QED) is 0.722. The van der Waals surface area contributed by atoms with Crippen molar-refractivity contribution in [2.24, 2.45) is 0 Å². The van der Waals surface area contributed by atoms with E-state index in [9.17, 15) is 5.26 Å². The summed E-state index contributed by atoms with van der Waals surface area (Å²) in [5, 5.41) is 9.41. The van der Waals surface area contributed by atoms with Gasteiger partial charge in [0, 0.05) is 0 Å². The van der Waals surface area contributed by atoms with E-state index in [0.29, 0.717) is 17.0 Å². The van der Waals surface area contributed by atoms with Crippen molar-refractivity contribution in [2.75, 3.05) is 5.73 Å². The van der Waals surface area contributed by atoms with E-state index in [-0.39, 0.29) is 0 Å². The van der Waals surface area contributed by atoms with Crippen molar-refractivity contribution in [3.8, 4) is 6.07 Å². The van der Waals surface area contributed by atoms with E-state index in [1.165, 1.54) is 0 Å². The van der Waals surface area contributed by atoms with Crippen LogP contribution in [0.15, 0.2) is 24.3 Å². The lowest BCUT2D eigenvalue weighted by atomic mass is 10.0. The Kier molecular flexibility index (Phi) is 2.42. The fraction of sp³-hybridized carbons (Fsp3) is 0.200. The van der Waals surface area contributed by atoms with Crippen LogP contribution in [0.4, 0.5) is 5.82 Å². The van der Waals surface area contributed by atoms with Crippen LogP contribution in [-0.4, -0.2) is 9.38 Å². The topological polar surface area (TPSA) is 67.1 Å². The second-order valence-electron chi connectivity index (χ2n) is 4.59. The van der Waals surface area contributed by atoms with Crippen LogP contribution in [0, 0.1) is 18.3 Å². The smallest absolute Gasteiger partial charge is 0.157 e. The summed E-state index contributed by atoms with van der Waals surface area (Å²) in [5.74, 6) is 0.683. The lowest BCUT2D eigenvalue weighted by Crippen LogP contribution is -2.06. The summed E-state index contributed by atoms with van der Waals surface area (Å²) in [7, 11) is 0. The van der Waals surface area contributed by atoms with Gasteiger partial charge in [0.25, 0.3) is 0 Å². The minimum absolute atomic E-state index is 0.613. The second-order valence-corrected chi connectivity index (χ2v) is 4.59. The highest BCUT2D eigenvalue weighted by Gasteiger charge is 2.17. The molecule has 0 fully saturated rings. The number of nitrogens with two attached hydrogens (primary N) is 1. The van der Waals surface area contributed by atoms with Gasteiger partial charge in [-0.2, -0.15) is 5.26 Å². The molecular weight excluding hydrogens is 236 g/mol. The molecule has 3 rings (SSSR count). The number of aromatic nitrogens is 2. The zero-order chi connectivity index (χ0) is 13.6. The largest absolute Gasteiger partial charge is 0.385 e. The van der Waals surface area contributed by atoms with Crippen molar-refractivity contribution < 1.29 is 0 Å². The van der Waals surface area contributed by atoms with Crippen LogP contribution < -0.4 is 5.73 Å². The molecule has 2 heterocycles. The molecule has 0 radical (unpaired) electrons. The van der Waals surface area contributed by atoms with E-state index in [1.54, 1.807) is 0 Å². The highest BCUT2D eigenvalue weighted by molar-refractivity contribution is 5.85. The molecule has 1 aromatic carbocycles. The Bertz CT molecular complexity index is 837. The van der Waals surface area contributed by atoms with Crippen LogP contribution in [-0.2, 0) is 6.42 Å². The van der Waals surface area contributed by atoms with Gasteiger partial charge in [0.05, 0.1) is 16.6 Å². The molecule has 4 nitrogen and oxygen atoms in total. The van der Waals surface area contributed by atoms with Crippen LogP contribution in [0.1, 0.15) is 23.6 Å². The van der Waals surface area contributed by atoms with Gasteiger partial charge in [-0.05, 0) is 36.6 Å². The predicted molar refractivity (Wildman–Crippen MR) is 75.9 cm³/mol. The third kappa shape index (κ3) is 1.42. The van der Waals surface area contributed by atoms with Crippen LogP contribution in [0.25, 0.3) is 16.7 Å². The van der Waals surface area contributed by atoms with Gasteiger partial charge in [-0.15, -0.1) is 0 Å². The lowest BCUT2D eigenvalue weighted by molar-refractivity contribution is 1.06. The third-order valence-corrected chi connectivity index (χ3v) is 3.63. The number of imidazole rings is 1. The molecule has 0 saturated heterocycles. The average Bonchev–Trinajstić information content (AvgIpc) is 2.79. The molecule has 94 valence electrons. The van der Waals surface area contributed by atoms with Gasteiger partial charge in [-0.25, -0.2) is 4.98 Å². The van der Waals surface area contributed by atoms with Crippen LogP contribution in [0.2, 0.25) is 0 Å². The van der Waals surface area contributed by atoms with Gasteiger partial charge in [-0.1, -0.05) is 19.1 Å². The Hall–Kier alpha value is -2.54. The predicted octanol–water partition coefficient (Wildman–Crippen LogP) is 2.81. The molecule has 0 bridgehead atoms. The first-order valence-electron chi connectivity index (χ1n) is 6.27. The van der Waals surface area contributed by atoms with Gasteiger partial charge in [0.15, 0.2) is 5.65 Å². The molecule has 4 heteroatoms. The molecule has 0 aliphatic heterocycles. The fourth-order valence-electron chi connectivity index (χ4n) is 2.66. The fourth-order valence-corrected chi connectivity index (χ4v) is 2.66. The molecular formula is C15H14N4. The first-order chi connectivity index (χ1) is 9.19. The van der Waals surface area contributed by atoms with Gasteiger partial charge in [0.1, 0.15) is 11.9 Å². The molecule has 0 atom stereocenters. The van der Waals surface area contributed by atoms with E-state index in [4.69, 9.17) is 5.73 Å². The first-order valence-corrected chi connectivity index (χ1v) is 6.27. The molecule has 0 unspecified atom stereocenters. The number of nitrogens with zero attached hydrogens (tertiary/aromatic N) is 3. The van der Waals surface area contributed by atoms with Crippen molar-refractivity contribution in [1.82, 2.24) is 9.38 Å². The third-order valence-electron chi connectivity index (χ3n) is 3.63. The zero-order valence-electron chi connectivity index (χ0n) is 10.9. The maximum Gasteiger partial charge on any atom is 0.157 e. The van der Waals surface area contributed by atoms with Crippen LogP contribution in [0.5, 0.6) is 0 Å². The van der Waals surface area contributed by atoms with Gasteiger partial charge in [-0.3, -0.25) is 4.40 Å². The summed E-state index contributed by atoms with van der Waals surface area (Å²) in [4.78, 5) is 4.54. The number of rotatable bonds is 1. The van der Waals surface area contributed by atoms with Crippen LogP contribution >= 0.6 is 0 Å². The minimum Gasteiger partial charge on any atom is -0.385 e. The number of anilines is 1. The molecule has 2 N–H and O–H groups in total. The number of nitrogen functional groups attached to an aromatic ring is 1. The van der Waals surface area contributed by atoms with Crippen molar-refractivity contribution >= 4 is 22.5 Å². The monoisotopic (exact) mass is 250 g/mol. The number of nitriles is 1. The van der Waals surface area contributed by atoms with Gasteiger partial charge < -0.3 is 5.73 Å². The number of benzene rings is 1. The second kappa shape index (κ2) is 3.99. The first kappa shape index (κ1) is 11.5. The van der Waals surface area contributed by atoms with Crippen LogP contribution in [0.3, 0.4) is 0 Å². The summed E-state index contributed by atoms with van der Waals surface area (Å²) >= 11 is 0. The standard InChI is InChI=1S/C15H14N4/c1-3-10-9(2)11(8-16)15-18-12-6-4-5-7-13(12)19(15)14(10)17/h4-7H,3,17H2,1-2H3. The van der Waals surface area contributed by atoms with Crippen molar-refractivity contribution in [3.63, 3.8) is 0 Å². The van der Waals surface area contributed by atoms with E-state index in [0.717, 1.165) is 28.6 Å². The summed E-state index contributed by atoms with van der Waals surface area (Å²) in [6.07, 6.45) is 0.800. The minimum atomic E-state index is 0.613. The van der Waals surface area contributed by atoms with E-state index >= 15 is 0 Å². The van der Waals surface area contributed by atoms with Crippen molar-refractivity contribution in [3.05, 3.63) is 41.0 Å². The summed E-state index contributed by atoms with van der Waals surface area (Å²) in [6, 6.07) is 10.1. The Morgan fingerprint density at radius 2 is 2.11 bits per heavy atom. The van der Waals surface area contributed by atoms with Gasteiger partial charge >= 0.3 is 0 Å².